The second-order valence-corrected chi connectivity index (χ2v) is 4.71. The molecule has 0 unspecified atom stereocenters. The van der Waals surface area contributed by atoms with Gasteiger partial charge in [0, 0.05) is 24.5 Å². The molecular weight excluding hydrogens is 226 g/mol. The molecule has 1 aliphatic rings. The van der Waals surface area contributed by atoms with Gasteiger partial charge in [-0.05, 0) is 51.9 Å². The Bertz CT molecular complexity index is 413. The number of rotatable bonds is 3. The van der Waals surface area contributed by atoms with Crippen LogP contribution in [-0.2, 0) is 0 Å². The molecule has 0 bridgehead atoms. The molecule has 0 spiro atoms. The van der Waals surface area contributed by atoms with Crippen molar-refractivity contribution < 1.29 is 4.79 Å². The molecule has 1 amide bonds. The van der Waals surface area contributed by atoms with E-state index in [0.717, 1.165) is 43.7 Å². The molecule has 1 aromatic heterocycles. The standard InChI is InChI=1S/C14H21N3O/c1-3-17(12-6-9-15-10-7-12)14(18)13-5-4-8-16-11(13)2/h4-5,8,12,15H,3,6-7,9-10H2,1-2H3. The van der Waals surface area contributed by atoms with Gasteiger partial charge >= 0.3 is 0 Å². The SMILES string of the molecule is CCN(C(=O)c1cccnc1C)C1CCNCC1. The van der Waals surface area contributed by atoms with Gasteiger partial charge in [-0.3, -0.25) is 9.78 Å². The molecule has 2 rings (SSSR count). The van der Waals surface area contributed by atoms with Crippen molar-refractivity contribution in [2.75, 3.05) is 19.6 Å². The highest BCUT2D eigenvalue weighted by Gasteiger charge is 2.25. The summed E-state index contributed by atoms with van der Waals surface area (Å²) in [7, 11) is 0. The molecule has 4 nitrogen and oxygen atoms in total. The molecule has 0 aliphatic carbocycles. The van der Waals surface area contributed by atoms with Gasteiger partial charge in [-0.1, -0.05) is 0 Å². The molecule has 0 atom stereocenters. The molecule has 1 fully saturated rings. The number of carbonyl (C=O) groups is 1. The summed E-state index contributed by atoms with van der Waals surface area (Å²) in [5.41, 5.74) is 1.55. The Kier molecular flexibility index (Phi) is 4.31. The first kappa shape index (κ1) is 13.0. The third-order valence-corrected chi connectivity index (χ3v) is 3.59. The van der Waals surface area contributed by atoms with Gasteiger partial charge in [0.15, 0.2) is 0 Å². The molecule has 98 valence electrons. The van der Waals surface area contributed by atoms with Crippen LogP contribution in [0.4, 0.5) is 0 Å². The van der Waals surface area contributed by atoms with Crippen LogP contribution in [0.2, 0.25) is 0 Å². The van der Waals surface area contributed by atoms with Crippen LogP contribution in [0.1, 0.15) is 35.8 Å². The highest BCUT2D eigenvalue weighted by Crippen LogP contribution is 2.16. The van der Waals surface area contributed by atoms with Crippen molar-refractivity contribution >= 4 is 5.91 Å². The normalized spacial score (nSPS) is 16.6. The van der Waals surface area contributed by atoms with E-state index in [-0.39, 0.29) is 5.91 Å². The van der Waals surface area contributed by atoms with Crippen molar-refractivity contribution in [1.29, 1.82) is 0 Å². The lowest BCUT2D eigenvalue weighted by molar-refractivity contribution is 0.0655. The zero-order chi connectivity index (χ0) is 13.0. The summed E-state index contributed by atoms with van der Waals surface area (Å²) in [6.07, 6.45) is 3.81. The number of piperidine rings is 1. The van der Waals surface area contributed by atoms with Crippen LogP contribution in [-0.4, -0.2) is 41.5 Å². The first-order valence-electron chi connectivity index (χ1n) is 6.67. The fourth-order valence-electron chi connectivity index (χ4n) is 2.55. The summed E-state index contributed by atoms with van der Waals surface area (Å²) < 4.78 is 0. The largest absolute Gasteiger partial charge is 0.336 e. The highest BCUT2D eigenvalue weighted by atomic mass is 16.2. The second kappa shape index (κ2) is 5.96. The first-order chi connectivity index (χ1) is 8.74. The second-order valence-electron chi connectivity index (χ2n) is 4.71. The molecule has 0 radical (unpaired) electrons. The van der Waals surface area contributed by atoms with Crippen molar-refractivity contribution in [2.24, 2.45) is 0 Å². The fourth-order valence-corrected chi connectivity index (χ4v) is 2.55. The Labute approximate surface area is 108 Å². The topological polar surface area (TPSA) is 45.2 Å². The third-order valence-electron chi connectivity index (χ3n) is 3.59. The van der Waals surface area contributed by atoms with Gasteiger partial charge < -0.3 is 10.2 Å². The van der Waals surface area contributed by atoms with Crippen molar-refractivity contribution in [3.63, 3.8) is 0 Å². The fraction of sp³-hybridized carbons (Fsp3) is 0.571. The third kappa shape index (κ3) is 2.70. The zero-order valence-corrected chi connectivity index (χ0v) is 11.1. The molecule has 2 heterocycles. The van der Waals surface area contributed by atoms with E-state index >= 15 is 0 Å². The van der Waals surface area contributed by atoms with E-state index in [4.69, 9.17) is 0 Å². The van der Waals surface area contributed by atoms with Crippen LogP contribution in [0.3, 0.4) is 0 Å². The van der Waals surface area contributed by atoms with Crippen LogP contribution in [0.15, 0.2) is 18.3 Å². The van der Waals surface area contributed by atoms with Crippen molar-refractivity contribution in [2.45, 2.75) is 32.7 Å². The molecule has 1 saturated heterocycles. The van der Waals surface area contributed by atoms with Crippen LogP contribution in [0.25, 0.3) is 0 Å². The van der Waals surface area contributed by atoms with E-state index in [1.54, 1.807) is 6.20 Å². The van der Waals surface area contributed by atoms with Gasteiger partial charge in [-0.2, -0.15) is 0 Å². The van der Waals surface area contributed by atoms with Crippen LogP contribution < -0.4 is 5.32 Å². The Morgan fingerprint density at radius 3 is 2.83 bits per heavy atom. The molecule has 1 N–H and O–H groups in total. The van der Waals surface area contributed by atoms with Crippen molar-refractivity contribution in [3.05, 3.63) is 29.6 Å². The quantitative estimate of drug-likeness (QED) is 0.882. The molecule has 1 aromatic rings. The van der Waals surface area contributed by atoms with E-state index in [1.165, 1.54) is 0 Å². The number of nitrogens with one attached hydrogen (secondary N) is 1. The van der Waals surface area contributed by atoms with Crippen molar-refractivity contribution in [1.82, 2.24) is 15.2 Å². The predicted molar refractivity (Wildman–Crippen MR) is 71.6 cm³/mol. The first-order valence-corrected chi connectivity index (χ1v) is 6.67. The number of pyridine rings is 1. The Morgan fingerprint density at radius 1 is 1.50 bits per heavy atom. The zero-order valence-electron chi connectivity index (χ0n) is 11.1. The summed E-state index contributed by atoms with van der Waals surface area (Å²) in [6, 6.07) is 4.06. The van der Waals surface area contributed by atoms with E-state index in [9.17, 15) is 4.79 Å². The Morgan fingerprint density at radius 2 is 2.22 bits per heavy atom. The minimum absolute atomic E-state index is 0.120. The van der Waals surface area contributed by atoms with E-state index in [1.807, 2.05) is 30.9 Å². The van der Waals surface area contributed by atoms with Crippen molar-refractivity contribution in [3.8, 4) is 0 Å². The van der Waals surface area contributed by atoms with Gasteiger partial charge in [-0.15, -0.1) is 0 Å². The van der Waals surface area contributed by atoms with Gasteiger partial charge in [0.05, 0.1) is 5.56 Å². The molecule has 4 heteroatoms. The number of aryl methyl sites for hydroxylation is 1. The van der Waals surface area contributed by atoms with Gasteiger partial charge in [0.1, 0.15) is 0 Å². The molecular formula is C14H21N3O. The lowest BCUT2D eigenvalue weighted by Crippen LogP contribution is -2.46. The molecule has 1 aliphatic heterocycles. The Balaban J connectivity index is 2.17. The average molecular weight is 247 g/mol. The van der Waals surface area contributed by atoms with Crippen LogP contribution >= 0.6 is 0 Å². The summed E-state index contributed by atoms with van der Waals surface area (Å²) in [6.45, 7) is 6.70. The molecule has 0 aromatic carbocycles. The predicted octanol–water partition coefficient (Wildman–Crippen LogP) is 1.60. The maximum absolute atomic E-state index is 12.6. The summed E-state index contributed by atoms with van der Waals surface area (Å²) >= 11 is 0. The summed E-state index contributed by atoms with van der Waals surface area (Å²) in [5.74, 6) is 0.120. The van der Waals surface area contributed by atoms with Gasteiger partial charge in [0.2, 0.25) is 0 Å². The highest BCUT2D eigenvalue weighted by molar-refractivity contribution is 5.95. The van der Waals surface area contributed by atoms with E-state index < -0.39 is 0 Å². The Hall–Kier alpha value is -1.42. The average Bonchev–Trinajstić information content (AvgIpc) is 2.41. The number of aromatic nitrogens is 1. The van der Waals surface area contributed by atoms with Gasteiger partial charge in [0.25, 0.3) is 5.91 Å². The number of amides is 1. The lowest BCUT2D eigenvalue weighted by Gasteiger charge is -2.34. The maximum Gasteiger partial charge on any atom is 0.255 e. The monoisotopic (exact) mass is 247 g/mol. The van der Waals surface area contributed by atoms with Crippen LogP contribution in [0.5, 0.6) is 0 Å². The number of carbonyl (C=O) groups excluding carboxylic acids is 1. The lowest BCUT2D eigenvalue weighted by atomic mass is 10.0. The molecule has 0 saturated carbocycles. The van der Waals surface area contributed by atoms with E-state index in [2.05, 4.69) is 10.3 Å². The summed E-state index contributed by atoms with van der Waals surface area (Å²) in [5, 5.41) is 3.33. The van der Waals surface area contributed by atoms with E-state index in [0.29, 0.717) is 6.04 Å². The maximum atomic E-state index is 12.6. The molecule has 18 heavy (non-hydrogen) atoms. The smallest absolute Gasteiger partial charge is 0.255 e. The van der Waals surface area contributed by atoms with Crippen LogP contribution in [0, 0.1) is 6.92 Å². The number of nitrogens with zero attached hydrogens (tertiary/aromatic N) is 2. The van der Waals surface area contributed by atoms with Gasteiger partial charge in [-0.25, -0.2) is 0 Å². The number of hydrogen-bond donors (Lipinski definition) is 1. The summed E-state index contributed by atoms with van der Waals surface area (Å²) in [4.78, 5) is 18.8. The number of hydrogen-bond acceptors (Lipinski definition) is 3. The minimum atomic E-state index is 0.120. The minimum Gasteiger partial charge on any atom is -0.336 e.